The van der Waals surface area contributed by atoms with E-state index in [-0.39, 0.29) is 18.2 Å². The van der Waals surface area contributed by atoms with E-state index in [4.69, 9.17) is 4.52 Å². The first-order valence-electron chi connectivity index (χ1n) is 5.01. The lowest BCUT2D eigenvalue weighted by molar-refractivity contribution is -0.121. The molecule has 1 aromatic heterocycles. The van der Waals surface area contributed by atoms with E-state index in [0.29, 0.717) is 24.5 Å². The van der Waals surface area contributed by atoms with E-state index in [1.165, 1.54) is 6.92 Å². The van der Waals surface area contributed by atoms with Gasteiger partial charge in [-0.15, -0.1) is 0 Å². The molecule has 6 nitrogen and oxygen atoms in total. The Hall–Kier alpha value is -1.85. The van der Waals surface area contributed by atoms with Crippen LogP contribution in [0.25, 0.3) is 0 Å². The van der Waals surface area contributed by atoms with Gasteiger partial charge in [0.1, 0.15) is 5.76 Å². The van der Waals surface area contributed by atoms with Gasteiger partial charge in [0.05, 0.1) is 12.1 Å². The molecule has 0 radical (unpaired) electrons. The second kappa shape index (κ2) is 5.89. The number of aromatic nitrogens is 1. The fourth-order valence-corrected chi connectivity index (χ4v) is 1.17. The van der Waals surface area contributed by atoms with Crippen LogP contribution in [0.2, 0.25) is 0 Å². The molecule has 6 heteroatoms. The van der Waals surface area contributed by atoms with Crippen molar-refractivity contribution in [2.45, 2.75) is 20.3 Å². The van der Waals surface area contributed by atoms with E-state index in [9.17, 15) is 9.59 Å². The molecule has 0 unspecified atom stereocenters. The molecule has 0 aliphatic heterocycles. The van der Waals surface area contributed by atoms with Crippen molar-refractivity contribution in [1.29, 1.82) is 0 Å². The molecule has 0 aliphatic carbocycles. The fourth-order valence-electron chi connectivity index (χ4n) is 1.17. The van der Waals surface area contributed by atoms with Crippen LogP contribution in [0.15, 0.2) is 10.6 Å². The van der Waals surface area contributed by atoms with Gasteiger partial charge >= 0.3 is 0 Å². The van der Waals surface area contributed by atoms with Crippen LogP contribution in [0.5, 0.6) is 0 Å². The van der Waals surface area contributed by atoms with Gasteiger partial charge in [-0.1, -0.05) is 5.16 Å². The largest absolute Gasteiger partial charge is 0.361 e. The highest BCUT2D eigenvalue weighted by Gasteiger charge is 2.06. The molecule has 2 amide bonds. The molecule has 0 aromatic carbocycles. The monoisotopic (exact) mass is 225 g/mol. The normalized spacial score (nSPS) is 9.88. The molecular weight excluding hydrogens is 210 g/mol. The van der Waals surface area contributed by atoms with Crippen LogP contribution in [-0.4, -0.2) is 30.1 Å². The quantitative estimate of drug-likeness (QED) is 0.678. The van der Waals surface area contributed by atoms with E-state index in [1.54, 1.807) is 13.0 Å². The Kier molecular flexibility index (Phi) is 4.50. The van der Waals surface area contributed by atoms with Crippen LogP contribution in [0.1, 0.15) is 18.4 Å². The highest BCUT2D eigenvalue weighted by molar-refractivity contribution is 5.78. The maximum Gasteiger partial charge on any atom is 0.226 e. The van der Waals surface area contributed by atoms with Crippen molar-refractivity contribution in [3.05, 3.63) is 17.5 Å². The van der Waals surface area contributed by atoms with Gasteiger partial charge in [0.15, 0.2) is 0 Å². The maximum absolute atomic E-state index is 11.4. The number of aryl methyl sites for hydroxylation is 1. The second-order valence-corrected chi connectivity index (χ2v) is 3.44. The second-order valence-electron chi connectivity index (χ2n) is 3.44. The molecule has 16 heavy (non-hydrogen) atoms. The van der Waals surface area contributed by atoms with Crippen LogP contribution in [0.4, 0.5) is 0 Å². The van der Waals surface area contributed by atoms with Crippen molar-refractivity contribution >= 4 is 11.8 Å². The van der Waals surface area contributed by atoms with E-state index >= 15 is 0 Å². The van der Waals surface area contributed by atoms with E-state index in [2.05, 4.69) is 15.8 Å². The van der Waals surface area contributed by atoms with E-state index < -0.39 is 0 Å². The summed E-state index contributed by atoms with van der Waals surface area (Å²) in [4.78, 5) is 21.9. The maximum atomic E-state index is 11.4. The van der Waals surface area contributed by atoms with Crippen molar-refractivity contribution in [2.24, 2.45) is 0 Å². The summed E-state index contributed by atoms with van der Waals surface area (Å²) in [5, 5.41) is 8.95. The molecule has 0 atom stereocenters. The average Bonchev–Trinajstić information content (AvgIpc) is 2.58. The standard InChI is InChI=1S/C10H15N3O3/c1-7-5-9(13-16-7)6-10(15)12-4-3-11-8(2)14/h5H,3-4,6H2,1-2H3,(H,11,14)(H,12,15). The summed E-state index contributed by atoms with van der Waals surface area (Å²) in [5.41, 5.74) is 0.606. The third-order valence-electron chi connectivity index (χ3n) is 1.84. The number of nitrogens with one attached hydrogen (secondary N) is 2. The summed E-state index contributed by atoms with van der Waals surface area (Å²) in [5.74, 6) is 0.432. The van der Waals surface area contributed by atoms with Crippen LogP contribution < -0.4 is 10.6 Å². The molecule has 0 saturated carbocycles. The minimum absolute atomic E-state index is 0.110. The summed E-state index contributed by atoms with van der Waals surface area (Å²) < 4.78 is 4.84. The van der Waals surface area contributed by atoms with Crippen LogP contribution in [-0.2, 0) is 16.0 Å². The molecule has 1 heterocycles. The SMILES string of the molecule is CC(=O)NCCNC(=O)Cc1cc(C)on1. The Morgan fingerprint density at radius 1 is 1.38 bits per heavy atom. The van der Waals surface area contributed by atoms with Gasteiger partial charge in [0.2, 0.25) is 11.8 Å². The average molecular weight is 225 g/mol. The predicted molar refractivity (Wildman–Crippen MR) is 56.6 cm³/mol. The topological polar surface area (TPSA) is 84.2 Å². The van der Waals surface area contributed by atoms with Crippen LogP contribution in [0, 0.1) is 6.92 Å². The third-order valence-corrected chi connectivity index (χ3v) is 1.84. The summed E-state index contributed by atoms with van der Waals surface area (Å²) in [7, 11) is 0. The van der Waals surface area contributed by atoms with Gasteiger partial charge in [-0.2, -0.15) is 0 Å². The van der Waals surface area contributed by atoms with Gasteiger partial charge in [-0.3, -0.25) is 9.59 Å². The Bertz CT molecular complexity index is 373. The number of amides is 2. The zero-order chi connectivity index (χ0) is 12.0. The zero-order valence-corrected chi connectivity index (χ0v) is 9.37. The predicted octanol–water partition coefficient (Wildman–Crippen LogP) is -0.222. The molecule has 1 aromatic rings. The first-order chi connectivity index (χ1) is 7.58. The van der Waals surface area contributed by atoms with Crippen LogP contribution in [0.3, 0.4) is 0 Å². The number of hydrogen-bond acceptors (Lipinski definition) is 4. The number of nitrogens with zero attached hydrogens (tertiary/aromatic N) is 1. The fraction of sp³-hybridized carbons (Fsp3) is 0.500. The van der Waals surface area contributed by atoms with Gasteiger partial charge in [-0.25, -0.2) is 0 Å². The molecular formula is C10H15N3O3. The van der Waals surface area contributed by atoms with E-state index in [1.807, 2.05) is 0 Å². The molecule has 1 rings (SSSR count). The highest BCUT2D eigenvalue weighted by Crippen LogP contribution is 2.01. The number of rotatable bonds is 5. The van der Waals surface area contributed by atoms with Crippen molar-refractivity contribution < 1.29 is 14.1 Å². The van der Waals surface area contributed by atoms with Crippen molar-refractivity contribution in [1.82, 2.24) is 15.8 Å². The third kappa shape index (κ3) is 4.59. The van der Waals surface area contributed by atoms with Crippen molar-refractivity contribution in [3.8, 4) is 0 Å². The van der Waals surface area contributed by atoms with Gasteiger partial charge < -0.3 is 15.2 Å². The molecule has 2 N–H and O–H groups in total. The van der Waals surface area contributed by atoms with Crippen molar-refractivity contribution in [2.75, 3.05) is 13.1 Å². The van der Waals surface area contributed by atoms with Gasteiger partial charge in [0.25, 0.3) is 0 Å². The summed E-state index contributed by atoms with van der Waals surface area (Å²) in [6.07, 6.45) is 0.192. The Morgan fingerprint density at radius 2 is 2.06 bits per heavy atom. The Morgan fingerprint density at radius 3 is 2.62 bits per heavy atom. The molecule has 0 fully saturated rings. The van der Waals surface area contributed by atoms with E-state index in [0.717, 1.165) is 0 Å². The summed E-state index contributed by atoms with van der Waals surface area (Å²) >= 11 is 0. The molecule has 88 valence electrons. The number of hydrogen-bond donors (Lipinski definition) is 2. The van der Waals surface area contributed by atoms with Gasteiger partial charge in [0, 0.05) is 26.1 Å². The molecule has 0 saturated heterocycles. The van der Waals surface area contributed by atoms with Gasteiger partial charge in [-0.05, 0) is 6.92 Å². The lowest BCUT2D eigenvalue weighted by Crippen LogP contribution is -2.34. The highest BCUT2D eigenvalue weighted by atomic mass is 16.5. The minimum atomic E-state index is -0.140. The first kappa shape index (κ1) is 12.2. The lowest BCUT2D eigenvalue weighted by atomic mass is 10.3. The van der Waals surface area contributed by atoms with Crippen molar-refractivity contribution in [3.63, 3.8) is 0 Å². The number of carbonyl (C=O) groups excluding carboxylic acids is 2. The summed E-state index contributed by atoms with van der Waals surface area (Å²) in [6.45, 7) is 4.04. The minimum Gasteiger partial charge on any atom is -0.361 e. The smallest absolute Gasteiger partial charge is 0.226 e. The summed E-state index contributed by atoms with van der Waals surface area (Å²) in [6, 6.07) is 1.72. The molecule has 0 spiro atoms. The zero-order valence-electron chi connectivity index (χ0n) is 9.37. The number of carbonyl (C=O) groups is 2. The van der Waals surface area contributed by atoms with Crippen LogP contribution >= 0.6 is 0 Å². The molecule has 0 aliphatic rings. The first-order valence-corrected chi connectivity index (χ1v) is 5.01. The Labute approximate surface area is 93.4 Å². The lowest BCUT2D eigenvalue weighted by Gasteiger charge is -2.03. The Balaban J connectivity index is 2.18. The molecule has 0 bridgehead atoms.